The predicted octanol–water partition coefficient (Wildman–Crippen LogP) is 3.46. The fourth-order valence-electron chi connectivity index (χ4n) is 1.74. The van der Waals surface area contributed by atoms with Crippen LogP contribution < -0.4 is 10.9 Å². The number of fused-ring (bicyclic) bond motifs is 1. The lowest BCUT2D eigenvalue weighted by Crippen LogP contribution is -2.41. The Balaban J connectivity index is 2.26. The maximum Gasteiger partial charge on any atom is 0.429 e. The molecule has 0 aliphatic heterocycles. The summed E-state index contributed by atoms with van der Waals surface area (Å²) in [7, 11) is 0. The number of nitrogens with zero attached hydrogens (tertiary/aromatic N) is 1. The zero-order chi connectivity index (χ0) is 14.0. The molecule has 2 rings (SSSR count). The van der Waals surface area contributed by atoms with E-state index >= 15 is 0 Å². The molecule has 0 saturated heterocycles. The minimum atomic E-state index is -0.567. The largest absolute Gasteiger partial charge is 0.442 e. The van der Waals surface area contributed by atoms with Crippen molar-refractivity contribution in [2.45, 2.75) is 26.4 Å². The normalized spacial score (nSPS) is 11.4. The molecule has 1 amide bonds. The zero-order valence-electron chi connectivity index (χ0n) is 11.4. The molecule has 2 N–H and O–H groups in total. The number of carbonyl (C=O) groups excluding carboxylic acids is 1. The van der Waals surface area contributed by atoms with Crippen molar-refractivity contribution in [3.05, 3.63) is 42.5 Å². The number of carbonyl (C=O) groups is 1. The number of rotatable bonds is 1. The number of hydrogen-bond donors (Lipinski definition) is 1. The lowest BCUT2D eigenvalue weighted by atomic mass is 10.1. The fraction of sp³-hybridized carbons (Fsp3) is 0.267. The standard InChI is InChI=1S/C15H18N2O2/c1-15(2,3)19-14(18)17(16)13-9-8-11-6-4-5-7-12(11)10-13/h4-10H,16H2,1-3H3. The van der Waals surface area contributed by atoms with Gasteiger partial charge in [-0.05, 0) is 43.7 Å². The van der Waals surface area contributed by atoms with Gasteiger partial charge in [-0.2, -0.15) is 0 Å². The first-order valence-corrected chi connectivity index (χ1v) is 6.13. The van der Waals surface area contributed by atoms with Crippen molar-refractivity contribution >= 4 is 22.6 Å². The zero-order valence-corrected chi connectivity index (χ0v) is 11.4. The molecular formula is C15H18N2O2. The summed E-state index contributed by atoms with van der Waals surface area (Å²) in [6.07, 6.45) is -0.567. The van der Waals surface area contributed by atoms with Crippen LogP contribution in [0.3, 0.4) is 0 Å². The van der Waals surface area contributed by atoms with Crippen LogP contribution in [0.5, 0.6) is 0 Å². The maximum atomic E-state index is 11.9. The van der Waals surface area contributed by atoms with Crippen LogP contribution >= 0.6 is 0 Å². The summed E-state index contributed by atoms with van der Waals surface area (Å²) in [5.74, 6) is 5.80. The summed E-state index contributed by atoms with van der Waals surface area (Å²) >= 11 is 0. The van der Waals surface area contributed by atoms with E-state index in [9.17, 15) is 4.79 Å². The number of amides is 1. The van der Waals surface area contributed by atoms with Gasteiger partial charge in [0, 0.05) is 0 Å². The third-order valence-corrected chi connectivity index (χ3v) is 2.60. The smallest absolute Gasteiger partial charge is 0.429 e. The predicted molar refractivity (Wildman–Crippen MR) is 76.8 cm³/mol. The second-order valence-electron chi connectivity index (χ2n) is 5.38. The van der Waals surface area contributed by atoms with Gasteiger partial charge in [-0.1, -0.05) is 30.3 Å². The maximum absolute atomic E-state index is 11.9. The molecule has 0 bridgehead atoms. The van der Waals surface area contributed by atoms with Crippen LogP contribution in [-0.4, -0.2) is 11.7 Å². The summed E-state index contributed by atoms with van der Waals surface area (Å²) in [6.45, 7) is 5.41. The Morgan fingerprint density at radius 1 is 1.11 bits per heavy atom. The highest BCUT2D eigenvalue weighted by Gasteiger charge is 2.21. The van der Waals surface area contributed by atoms with Crippen molar-refractivity contribution < 1.29 is 9.53 Å². The molecule has 0 aliphatic carbocycles. The Morgan fingerprint density at radius 2 is 1.74 bits per heavy atom. The Labute approximate surface area is 112 Å². The molecule has 0 fully saturated rings. The molecule has 2 aromatic rings. The second kappa shape index (κ2) is 4.90. The van der Waals surface area contributed by atoms with Crippen molar-refractivity contribution in [1.82, 2.24) is 0 Å². The third kappa shape index (κ3) is 3.23. The first-order chi connectivity index (χ1) is 8.87. The molecular weight excluding hydrogens is 240 g/mol. The number of anilines is 1. The highest BCUT2D eigenvalue weighted by Crippen LogP contribution is 2.21. The third-order valence-electron chi connectivity index (χ3n) is 2.60. The topological polar surface area (TPSA) is 55.6 Å². The average molecular weight is 258 g/mol. The molecule has 0 atom stereocenters. The molecule has 4 heteroatoms. The molecule has 0 heterocycles. The fourth-order valence-corrected chi connectivity index (χ4v) is 1.74. The van der Waals surface area contributed by atoms with E-state index in [1.807, 2.05) is 36.4 Å². The van der Waals surface area contributed by atoms with Gasteiger partial charge in [0.05, 0.1) is 5.69 Å². The number of hydrazine groups is 1. The number of nitrogens with two attached hydrogens (primary N) is 1. The van der Waals surface area contributed by atoms with Gasteiger partial charge in [-0.15, -0.1) is 0 Å². The lowest BCUT2D eigenvalue weighted by Gasteiger charge is -2.24. The van der Waals surface area contributed by atoms with Crippen LogP contribution in [-0.2, 0) is 4.74 Å². The van der Waals surface area contributed by atoms with E-state index in [-0.39, 0.29) is 0 Å². The number of benzene rings is 2. The number of ether oxygens (including phenoxy) is 1. The highest BCUT2D eigenvalue weighted by atomic mass is 16.6. The number of hydrogen-bond acceptors (Lipinski definition) is 3. The van der Waals surface area contributed by atoms with Gasteiger partial charge in [-0.3, -0.25) is 0 Å². The van der Waals surface area contributed by atoms with E-state index in [0.29, 0.717) is 5.69 Å². The Hall–Kier alpha value is -2.07. The molecule has 0 unspecified atom stereocenters. The SMILES string of the molecule is CC(C)(C)OC(=O)N(N)c1ccc2ccccc2c1. The van der Waals surface area contributed by atoms with Crippen molar-refractivity contribution in [3.8, 4) is 0 Å². The molecule has 19 heavy (non-hydrogen) atoms. The van der Waals surface area contributed by atoms with Crippen LogP contribution in [0.1, 0.15) is 20.8 Å². The van der Waals surface area contributed by atoms with E-state index in [1.54, 1.807) is 26.8 Å². The van der Waals surface area contributed by atoms with E-state index in [2.05, 4.69) is 0 Å². The van der Waals surface area contributed by atoms with E-state index in [1.165, 1.54) is 0 Å². The minimum absolute atomic E-state index is 0.564. The first-order valence-electron chi connectivity index (χ1n) is 6.13. The van der Waals surface area contributed by atoms with Gasteiger partial charge in [-0.25, -0.2) is 15.6 Å². The van der Waals surface area contributed by atoms with Gasteiger partial charge in [0.1, 0.15) is 5.60 Å². The van der Waals surface area contributed by atoms with Crippen molar-refractivity contribution in [1.29, 1.82) is 0 Å². The van der Waals surface area contributed by atoms with Crippen LogP contribution in [0.25, 0.3) is 10.8 Å². The van der Waals surface area contributed by atoms with Gasteiger partial charge in [0.15, 0.2) is 0 Å². The second-order valence-corrected chi connectivity index (χ2v) is 5.38. The molecule has 0 aliphatic rings. The summed E-state index contributed by atoms with van der Waals surface area (Å²) < 4.78 is 5.23. The molecule has 0 spiro atoms. The molecule has 0 radical (unpaired) electrons. The van der Waals surface area contributed by atoms with Crippen LogP contribution in [0.15, 0.2) is 42.5 Å². The molecule has 100 valence electrons. The highest BCUT2D eigenvalue weighted by molar-refractivity contribution is 5.92. The van der Waals surface area contributed by atoms with Crippen molar-refractivity contribution in [3.63, 3.8) is 0 Å². The van der Waals surface area contributed by atoms with Crippen LogP contribution in [0.2, 0.25) is 0 Å². The van der Waals surface area contributed by atoms with Crippen LogP contribution in [0, 0.1) is 0 Å². The summed E-state index contributed by atoms with van der Waals surface area (Å²) in [5, 5.41) is 3.15. The van der Waals surface area contributed by atoms with E-state index in [0.717, 1.165) is 15.8 Å². The molecule has 0 saturated carbocycles. The van der Waals surface area contributed by atoms with Gasteiger partial charge in [0.2, 0.25) is 0 Å². The monoisotopic (exact) mass is 258 g/mol. The van der Waals surface area contributed by atoms with E-state index < -0.39 is 11.7 Å². The van der Waals surface area contributed by atoms with E-state index in [4.69, 9.17) is 10.6 Å². The molecule has 0 aromatic heterocycles. The lowest BCUT2D eigenvalue weighted by molar-refractivity contribution is 0.0580. The Bertz CT molecular complexity index is 602. The van der Waals surface area contributed by atoms with Gasteiger partial charge in [0.25, 0.3) is 0 Å². The van der Waals surface area contributed by atoms with Gasteiger partial charge < -0.3 is 4.74 Å². The molecule has 4 nitrogen and oxygen atoms in total. The minimum Gasteiger partial charge on any atom is -0.442 e. The summed E-state index contributed by atoms with van der Waals surface area (Å²) in [5.41, 5.74) is 0.0406. The van der Waals surface area contributed by atoms with Crippen molar-refractivity contribution in [2.75, 3.05) is 5.01 Å². The molecule has 2 aromatic carbocycles. The average Bonchev–Trinajstić information content (AvgIpc) is 2.35. The quantitative estimate of drug-likeness (QED) is 0.484. The van der Waals surface area contributed by atoms with Crippen molar-refractivity contribution in [2.24, 2.45) is 5.84 Å². The Kier molecular flexibility index (Phi) is 3.44. The summed E-state index contributed by atoms with van der Waals surface area (Å²) in [6, 6.07) is 13.5. The Morgan fingerprint density at radius 3 is 2.37 bits per heavy atom. The first kappa shape index (κ1) is 13.4. The van der Waals surface area contributed by atoms with Crippen LogP contribution in [0.4, 0.5) is 10.5 Å². The van der Waals surface area contributed by atoms with Gasteiger partial charge >= 0.3 is 6.09 Å². The summed E-state index contributed by atoms with van der Waals surface area (Å²) in [4.78, 5) is 11.9.